The first-order valence-corrected chi connectivity index (χ1v) is 43.4. The predicted octanol–water partition coefficient (Wildman–Crippen LogP) is 31.3. The molecule has 0 bridgehead atoms. The van der Waals surface area contributed by atoms with Gasteiger partial charge in [0.15, 0.2) is 0 Å². The smallest absolute Gasteiger partial charge is 0.0720 e. The van der Waals surface area contributed by atoms with Crippen molar-refractivity contribution >= 4 is 55.7 Å². The van der Waals surface area contributed by atoms with Gasteiger partial charge in [0.25, 0.3) is 0 Å². The van der Waals surface area contributed by atoms with Crippen LogP contribution in [0.4, 0.5) is 34.1 Å². The monoisotopic (exact) mass is 1580 g/mol. The highest BCUT2D eigenvalue weighted by molar-refractivity contribution is 6.01. The second-order valence-corrected chi connectivity index (χ2v) is 34.4. The van der Waals surface area contributed by atoms with Crippen LogP contribution in [0.1, 0.15) is 91.7 Å². The minimum Gasteiger partial charge on any atom is -0.310 e. The van der Waals surface area contributed by atoms with Gasteiger partial charge in [-0.1, -0.05) is 408 Å². The van der Waals surface area contributed by atoms with E-state index in [0.29, 0.717) is 0 Å². The highest BCUT2D eigenvalue weighted by atomic mass is 15.1. The lowest BCUT2D eigenvalue weighted by atomic mass is 9.51. The van der Waals surface area contributed by atoms with Crippen LogP contribution in [0.2, 0.25) is 0 Å². The second-order valence-electron chi connectivity index (χ2n) is 34.4. The topological polar surface area (TPSA) is 6.48 Å². The lowest BCUT2D eigenvalue weighted by Gasteiger charge is -2.50. The normalized spacial score (nSPS) is 14.0. The standard InChI is InChI=1S/C122H84N2/c1-119(2)109-44-18-20-46-111(109)121(112-47-21-19-45-110(112)119)107-42-16-14-38-103(107)105-76-73-97(79-117(105)121)123(93-65-56-83(57-66-93)81-28-6-3-7-29-81)96-71-62-88(63-72-96)101-41-27-32-90-78-89(64-75-102(90)101)85-54-52-82(53-55-85)84-58-67-94(68-59-84)124(95-69-60-87(61-70-95)100-40-26-31-86-30-12-13-37-99(86)100)98-74-77-106-104-39-15-17-43-108(104)122(118(106)80-98)115-50-24-22-48-113(115)120(91-33-8-4-9-34-91,92-35-10-5-11-36-92)114-49-23-25-51-116(114)122/h3-80H,1-2H3. The summed E-state index contributed by atoms with van der Waals surface area (Å²) in [6, 6.07) is 178. The molecule has 582 valence electrons. The molecule has 0 heterocycles. The molecule has 20 aromatic carbocycles. The molecule has 0 fully saturated rings. The number of anilines is 6. The van der Waals surface area contributed by atoms with E-state index in [2.05, 4.69) is 497 Å². The Balaban J connectivity index is 0.568. The van der Waals surface area contributed by atoms with Crippen molar-refractivity contribution in [1.82, 2.24) is 0 Å². The van der Waals surface area contributed by atoms with Gasteiger partial charge in [0, 0.05) is 39.5 Å². The van der Waals surface area contributed by atoms with Crippen LogP contribution in [0.15, 0.2) is 473 Å². The molecule has 20 aromatic rings. The molecule has 0 radical (unpaired) electrons. The Labute approximate surface area is 724 Å². The number of hydrogen-bond donors (Lipinski definition) is 0. The first-order valence-electron chi connectivity index (χ1n) is 43.4. The van der Waals surface area contributed by atoms with Crippen LogP contribution >= 0.6 is 0 Å². The molecule has 0 atom stereocenters. The molecule has 0 aliphatic heterocycles. The Morgan fingerprint density at radius 1 is 0.153 bits per heavy atom. The summed E-state index contributed by atoms with van der Waals surface area (Å²) < 4.78 is 0. The maximum Gasteiger partial charge on any atom is 0.0720 e. The molecular weight excluding hydrogens is 1490 g/mol. The Bertz CT molecular complexity index is 7450. The van der Waals surface area contributed by atoms with Crippen molar-refractivity contribution in [3.05, 3.63) is 551 Å². The summed E-state index contributed by atoms with van der Waals surface area (Å²) in [5, 5.41) is 4.87. The van der Waals surface area contributed by atoms with E-state index in [1.807, 2.05) is 0 Å². The van der Waals surface area contributed by atoms with Crippen LogP contribution in [0.3, 0.4) is 0 Å². The van der Waals surface area contributed by atoms with Gasteiger partial charge in [0.05, 0.1) is 16.2 Å². The van der Waals surface area contributed by atoms with E-state index in [4.69, 9.17) is 0 Å². The molecule has 2 spiro atoms. The molecular formula is C122H84N2. The fourth-order valence-corrected chi connectivity index (χ4v) is 22.5. The van der Waals surface area contributed by atoms with Gasteiger partial charge in [-0.15, -0.1) is 0 Å². The lowest BCUT2D eigenvalue weighted by Crippen LogP contribution is -2.44. The number of benzene rings is 20. The lowest BCUT2D eigenvalue weighted by molar-refractivity contribution is 0.563. The van der Waals surface area contributed by atoms with Crippen molar-refractivity contribution in [1.29, 1.82) is 0 Å². The highest BCUT2D eigenvalue weighted by Gasteiger charge is 2.58. The maximum atomic E-state index is 2.52. The zero-order valence-corrected chi connectivity index (χ0v) is 68.9. The summed E-state index contributed by atoms with van der Waals surface area (Å²) >= 11 is 0. The summed E-state index contributed by atoms with van der Waals surface area (Å²) in [5.74, 6) is 0. The van der Waals surface area contributed by atoms with E-state index in [-0.39, 0.29) is 5.41 Å². The van der Waals surface area contributed by atoms with Crippen LogP contribution in [0.25, 0.3) is 99.4 Å². The average molecular weight is 1580 g/mol. The van der Waals surface area contributed by atoms with E-state index in [9.17, 15) is 0 Å². The van der Waals surface area contributed by atoms with Crippen LogP contribution < -0.4 is 9.80 Å². The molecule has 0 amide bonds. The van der Waals surface area contributed by atoms with E-state index in [1.54, 1.807) is 0 Å². The molecule has 0 saturated heterocycles. The molecule has 4 aliphatic rings. The Hall–Kier alpha value is -15.5. The van der Waals surface area contributed by atoms with Crippen LogP contribution in [-0.4, -0.2) is 0 Å². The zero-order valence-electron chi connectivity index (χ0n) is 68.9. The van der Waals surface area contributed by atoms with Crippen molar-refractivity contribution in [2.24, 2.45) is 0 Å². The second kappa shape index (κ2) is 28.6. The van der Waals surface area contributed by atoms with Gasteiger partial charge in [0.1, 0.15) is 0 Å². The zero-order chi connectivity index (χ0) is 82.2. The fourth-order valence-electron chi connectivity index (χ4n) is 22.5. The third-order valence-corrected chi connectivity index (χ3v) is 27.9. The van der Waals surface area contributed by atoms with Gasteiger partial charge >= 0.3 is 0 Å². The Kier molecular flexibility index (Phi) is 16.7. The number of rotatable bonds is 13. The molecule has 124 heavy (non-hydrogen) atoms. The fraction of sp³-hybridized carbons (Fsp3) is 0.0492. The summed E-state index contributed by atoms with van der Waals surface area (Å²) in [6.45, 7) is 4.80. The first-order chi connectivity index (χ1) is 61.2. The van der Waals surface area contributed by atoms with Crippen molar-refractivity contribution in [3.63, 3.8) is 0 Å². The van der Waals surface area contributed by atoms with E-state index in [0.717, 1.165) is 50.8 Å². The highest BCUT2D eigenvalue weighted by Crippen LogP contribution is 2.67. The largest absolute Gasteiger partial charge is 0.310 e. The molecule has 24 rings (SSSR count). The van der Waals surface area contributed by atoms with Crippen LogP contribution in [-0.2, 0) is 21.7 Å². The quantitative estimate of drug-likeness (QED) is 0.114. The van der Waals surface area contributed by atoms with Crippen molar-refractivity contribution in [2.45, 2.75) is 35.5 Å². The molecule has 2 nitrogen and oxygen atoms in total. The van der Waals surface area contributed by atoms with Crippen molar-refractivity contribution in [2.75, 3.05) is 9.80 Å². The van der Waals surface area contributed by atoms with Gasteiger partial charge in [-0.2, -0.15) is 0 Å². The summed E-state index contributed by atoms with van der Waals surface area (Å²) in [7, 11) is 0. The van der Waals surface area contributed by atoms with Gasteiger partial charge < -0.3 is 9.80 Å². The predicted molar refractivity (Wildman–Crippen MR) is 517 cm³/mol. The van der Waals surface area contributed by atoms with Gasteiger partial charge in [-0.05, 0) is 256 Å². The number of hydrogen-bond acceptors (Lipinski definition) is 2. The van der Waals surface area contributed by atoms with Gasteiger partial charge in [-0.25, -0.2) is 0 Å². The molecule has 4 aliphatic carbocycles. The van der Waals surface area contributed by atoms with Crippen LogP contribution in [0, 0.1) is 0 Å². The maximum absolute atomic E-state index is 2.52. The van der Waals surface area contributed by atoms with E-state index < -0.39 is 16.2 Å². The summed E-state index contributed by atoms with van der Waals surface area (Å²) in [4.78, 5) is 4.92. The van der Waals surface area contributed by atoms with Crippen LogP contribution in [0.5, 0.6) is 0 Å². The number of nitrogens with zero attached hydrogens (tertiary/aromatic N) is 2. The molecule has 2 heteroatoms. The van der Waals surface area contributed by atoms with Gasteiger partial charge in [0.2, 0.25) is 0 Å². The third kappa shape index (κ3) is 10.9. The third-order valence-electron chi connectivity index (χ3n) is 27.9. The minimum absolute atomic E-state index is 0.196. The number of fused-ring (bicyclic) bond motifs is 20. The molecule has 0 aromatic heterocycles. The van der Waals surface area contributed by atoms with E-state index in [1.165, 1.54) is 161 Å². The van der Waals surface area contributed by atoms with Crippen molar-refractivity contribution < 1.29 is 0 Å². The minimum atomic E-state index is -0.670. The van der Waals surface area contributed by atoms with Gasteiger partial charge in [-0.3, -0.25) is 0 Å². The Morgan fingerprint density at radius 3 is 0.863 bits per heavy atom. The first kappa shape index (κ1) is 72.5. The molecule has 0 N–H and O–H groups in total. The summed E-state index contributed by atoms with van der Waals surface area (Å²) in [6.07, 6.45) is 0. The average Bonchev–Trinajstić information content (AvgIpc) is 1.03. The van der Waals surface area contributed by atoms with Crippen molar-refractivity contribution in [3.8, 4) is 77.9 Å². The Morgan fingerprint density at radius 2 is 0.427 bits per heavy atom. The van der Waals surface area contributed by atoms with E-state index >= 15 is 0 Å². The SMILES string of the molecule is CC1(C)c2ccccc2C2(c3ccccc3-c3ccc(N(c4ccc(-c5ccccc5)cc4)c4ccc(-c5cccc6cc(-c7ccc(-c8ccc(N(c9ccc(-c%10cccc%11ccccc%10%11)cc9)c9ccc%10c(c9)C9(c%11ccccc%11-%10)c%10ccccc%10C(c%10ccccc%10)(c%10ccccc%10)c%10ccccc%109)cc8)cc7)ccc56)cc4)cc32)c2ccccc21. The molecule has 0 unspecified atom stereocenters. The summed E-state index contributed by atoms with van der Waals surface area (Å²) in [5.41, 5.74) is 39.6. The molecule has 0 saturated carbocycles.